The molecule has 0 unspecified atom stereocenters. The number of rotatable bonds is 14. The number of ketones is 1. The summed E-state index contributed by atoms with van der Waals surface area (Å²) >= 11 is 0. The molecule has 1 aliphatic carbocycles. The Morgan fingerprint density at radius 3 is 2.42 bits per heavy atom. The quantitative estimate of drug-likeness (QED) is 0.103. The van der Waals surface area contributed by atoms with Gasteiger partial charge in [-0.3, -0.25) is 19.2 Å². The number of amides is 4. The van der Waals surface area contributed by atoms with Crippen molar-refractivity contribution in [1.29, 1.82) is 5.26 Å². The minimum absolute atomic E-state index is 0.000579. The number of imidazole rings is 1. The van der Waals surface area contributed by atoms with Gasteiger partial charge in [0.2, 0.25) is 17.7 Å². The fourth-order valence-corrected chi connectivity index (χ4v) is 9.95. The van der Waals surface area contributed by atoms with E-state index in [-0.39, 0.29) is 35.0 Å². The zero-order valence-corrected chi connectivity index (χ0v) is 40.7. The maximum atomic E-state index is 14.1. The molecule has 2 fully saturated rings. The number of nitrogens with one attached hydrogen (secondary N) is 3. The molecule has 16 heteroatoms. The molecule has 0 bridgehead atoms. The number of aromatic nitrogens is 3. The summed E-state index contributed by atoms with van der Waals surface area (Å²) in [5.74, 6) is 0.112. The van der Waals surface area contributed by atoms with Gasteiger partial charge in [-0.1, -0.05) is 40.7 Å². The molecule has 5 N–H and O–H groups in total. The topological polar surface area (TPSA) is 212 Å². The van der Waals surface area contributed by atoms with Crippen LogP contribution in [0.1, 0.15) is 138 Å². The van der Waals surface area contributed by atoms with E-state index in [1.165, 1.54) is 6.92 Å². The number of carbonyl (C=O) groups is 5. The lowest BCUT2D eigenvalue weighted by Crippen LogP contribution is -2.53. The number of nitrogens with zero attached hydrogens (tertiary/aromatic N) is 6. The number of unbranched alkanes of at least 4 members (excludes halogenated alkanes) is 1. The minimum Gasteiger partial charge on any atom is -0.444 e. The SMILES string of the molecule is CCc1cc2c(cc1N1CCN(C(=O)CCCCc3cn(CCC[C@H](NC(=O)OC(C)(C)C)C(=O)N[C@H]4CN(C(C)=O)CC4(C)C)c(N)n3)CC1)C(C)(C)c1[nH]c3cc(C#N)ccc3c1C2=O. The number of likely N-dealkylation sites (tertiary alicyclic amines) is 1. The summed E-state index contributed by atoms with van der Waals surface area (Å²) in [5, 5.41) is 16.2. The molecular weight excluding hydrogens is 849 g/mol. The van der Waals surface area contributed by atoms with Gasteiger partial charge in [-0.2, -0.15) is 5.26 Å². The first kappa shape index (κ1) is 48.6. The van der Waals surface area contributed by atoms with Crippen LogP contribution in [-0.2, 0) is 43.9 Å². The third-order valence-corrected chi connectivity index (χ3v) is 13.8. The second-order valence-corrected chi connectivity index (χ2v) is 20.7. The van der Waals surface area contributed by atoms with Gasteiger partial charge in [0.05, 0.1) is 28.9 Å². The molecule has 2 saturated heterocycles. The zero-order chi connectivity index (χ0) is 48.6. The Morgan fingerprint density at radius 1 is 1.03 bits per heavy atom. The number of H-pyrrole nitrogens is 1. The molecular formula is C51H68N10O6. The fraction of sp³-hybridized carbons (Fsp3) is 0.549. The standard InChI is InChI=1S/C51H68N10O6/c1-10-33-25-36-37(51(8,9)45-43(44(36)64)35-18-17-32(27-52)24-39(35)55-45)26-40(33)58-20-22-59(23-21-58)42(63)16-12-11-14-34-28-60(47(53)54-34)19-13-15-38(56-48(66)67-49(3,4)5)46(65)57-41-29-61(31(2)62)30-50(41,6)7/h17-18,24-26,28,38,41,55H,10-16,19-23,29-30H2,1-9H3,(H2,53,54)(H,56,66)(H,57,65)/t38-,41-/m0/s1. The number of nitrogen functional groups attached to an aromatic ring is 1. The molecule has 2 aromatic carbocycles. The molecule has 0 saturated carbocycles. The number of nitrogens with two attached hydrogens (primary N) is 1. The molecule has 67 heavy (non-hydrogen) atoms. The lowest BCUT2D eigenvalue weighted by atomic mass is 9.70. The van der Waals surface area contributed by atoms with Gasteiger partial charge in [-0.05, 0) is 94.7 Å². The molecule has 7 rings (SSSR count). The summed E-state index contributed by atoms with van der Waals surface area (Å²) in [5.41, 5.74) is 12.4. The minimum atomic E-state index is -0.865. The van der Waals surface area contributed by atoms with Crippen LogP contribution < -0.4 is 21.3 Å². The second kappa shape index (κ2) is 19.1. The summed E-state index contributed by atoms with van der Waals surface area (Å²) < 4.78 is 7.32. The van der Waals surface area contributed by atoms with Crippen LogP contribution in [0.15, 0.2) is 36.5 Å². The third kappa shape index (κ3) is 10.5. The van der Waals surface area contributed by atoms with Gasteiger partial charge in [-0.15, -0.1) is 0 Å². The van der Waals surface area contributed by atoms with Crippen molar-refractivity contribution in [3.63, 3.8) is 0 Å². The van der Waals surface area contributed by atoms with Crippen molar-refractivity contribution in [1.82, 2.24) is 35.0 Å². The van der Waals surface area contributed by atoms with Crippen LogP contribution in [-0.4, -0.2) is 111 Å². The van der Waals surface area contributed by atoms with Gasteiger partial charge in [0, 0.05) is 104 Å². The number of piperazine rings is 1. The van der Waals surface area contributed by atoms with E-state index < -0.39 is 23.2 Å². The maximum absolute atomic E-state index is 14.1. The number of nitriles is 1. The number of hydrogen-bond donors (Lipinski definition) is 4. The monoisotopic (exact) mass is 917 g/mol. The number of hydrogen-bond acceptors (Lipinski definition) is 10. The van der Waals surface area contributed by atoms with Crippen molar-refractivity contribution in [3.05, 3.63) is 75.7 Å². The van der Waals surface area contributed by atoms with Gasteiger partial charge in [0.25, 0.3) is 0 Å². The van der Waals surface area contributed by atoms with E-state index in [0.29, 0.717) is 95.0 Å². The third-order valence-electron chi connectivity index (χ3n) is 13.8. The Bertz CT molecular complexity index is 2600. The zero-order valence-electron chi connectivity index (χ0n) is 40.7. The van der Waals surface area contributed by atoms with Crippen LogP contribution in [0.2, 0.25) is 0 Å². The smallest absolute Gasteiger partial charge is 0.408 e. The molecule has 3 aliphatic rings. The Hall–Kier alpha value is -6.37. The number of carbonyl (C=O) groups excluding carboxylic acids is 5. The number of alkyl carbamates (subject to hydrolysis) is 1. The van der Waals surface area contributed by atoms with Gasteiger partial charge < -0.3 is 45.4 Å². The van der Waals surface area contributed by atoms with E-state index in [1.807, 2.05) is 41.6 Å². The Morgan fingerprint density at radius 2 is 1.76 bits per heavy atom. The first-order valence-electron chi connectivity index (χ1n) is 23.8. The van der Waals surface area contributed by atoms with Crippen LogP contribution in [0, 0.1) is 16.7 Å². The highest BCUT2D eigenvalue weighted by Crippen LogP contribution is 2.46. The van der Waals surface area contributed by atoms with Crippen molar-refractivity contribution in [2.45, 2.75) is 137 Å². The largest absolute Gasteiger partial charge is 0.444 e. The average Bonchev–Trinajstić information content (AvgIpc) is 3.94. The molecule has 4 heterocycles. The summed E-state index contributed by atoms with van der Waals surface area (Å²) in [7, 11) is 0. The Kier molecular flexibility index (Phi) is 13.8. The molecule has 358 valence electrons. The van der Waals surface area contributed by atoms with E-state index in [1.54, 1.807) is 31.7 Å². The highest BCUT2D eigenvalue weighted by molar-refractivity contribution is 6.20. The molecule has 4 amide bonds. The molecule has 16 nitrogen and oxygen atoms in total. The van der Waals surface area contributed by atoms with Crippen LogP contribution in [0.4, 0.5) is 16.4 Å². The summed E-state index contributed by atoms with van der Waals surface area (Å²) in [6, 6.07) is 10.8. The van der Waals surface area contributed by atoms with Crippen molar-refractivity contribution in [2.75, 3.05) is 49.9 Å². The Labute approximate surface area is 393 Å². The number of fused-ring (bicyclic) bond motifs is 4. The van der Waals surface area contributed by atoms with Crippen molar-refractivity contribution in [2.24, 2.45) is 5.41 Å². The van der Waals surface area contributed by atoms with Crippen LogP contribution >= 0.6 is 0 Å². The van der Waals surface area contributed by atoms with E-state index in [4.69, 9.17) is 10.5 Å². The average molecular weight is 917 g/mol. The fourth-order valence-electron chi connectivity index (χ4n) is 9.95. The van der Waals surface area contributed by atoms with E-state index in [9.17, 15) is 29.2 Å². The van der Waals surface area contributed by atoms with E-state index in [2.05, 4.69) is 64.5 Å². The molecule has 0 radical (unpaired) electrons. The van der Waals surface area contributed by atoms with E-state index >= 15 is 0 Å². The predicted octanol–water partition coefficient (Wildman–Crippen LogP) is 6.36. The highest BCUT2D eigenvalue weighted by Gasteiger charge is 2.43. The van der Waals surface area contributed by atoms with Gasteiger partial charge >= 0.3 is 6.09 Å². The first-order valence-corrected chi connectivity index (χ1v) is 23.8. The van der Waals surface area contributed by atoms with Crippen LogP contribution in [0.5, 0.6) is 0 Å². The first-order chi connectivity index (χ1) is 31.6. The predicted molar refractivity (Wildman–Crippen MR) is 258 cm³/mol. The van der Waals surface area contributed by atoms with Crippen LogP contribution in [0.3, 0.4) is 0 Å². The highest BCUT2D eigenvalue weighted by atomic mass is 16.6. The van der Waals surface area contributed by atoms with Crippen molar-refractivity contribution < 1.29 is 28.7 Å². The van der Waals surface area contributed by atoms with E-state index in [0.717, 1.165) is 57.5 Å². The lowest BCUT2D eigenvalue weighted by molar-refractivity contribution is -0.131. The molecule has 2 aromatic heterocycles. The van der Waals surface area contributed by atoms with Crippen molar-refractivity contribution in [3.8, 4) is 6.07 Å². The molecule has 2 atom stereocenters. The van der Waals surface area contributed by atoms with Gasteiger partial charge in [-0.25, -0.2) is 9.78 Å². The number of ether oxygens (including phenoxy) is 1. The normalized spacial score (nSPS) is 18.0. The van der Waals surface area contributed by atoms with Gasteiger partial charge in [0.15, 0.2) is 11.7 Å². The molecule has 4 aromatic rings. The summed E-state index contributed by atoms with van der Waals surface area (Å²) in [4.78, 5) is 80.2. The summed E-state index contributed by atoms with van der Waals surface area (Å²) in [6.45, 7) is 21.2. The summed E-state index contributed by atoms with van der Waals surface area (Å²) in [6.07, 6.45) is 5.42. The van der Waals surface area contributed by atoms with Gasteiger partial charge in [0.1, 0.15) is 11.6 Å². The van der Waals surface area contributed by atoms with Crippen LogP contribution in [0.25, 0.3) is 10.9 Å². The lowest BCUT2D eigenvalue weighted by Gasteiger charge is -2.39. The number of anilines is 2. The number of benzene rings is 2. The number of aryl methyl sites for hydroxylation is 3. The molecule has 0 spiro atoms. The Balaban J connectivity index is 0.894. The molecule has 2 aliphatic heterocycles. The second-order valence-electron chi connectivity index (χ2n) is 20.7. The maximum Gasteiger partial charge on any atom is 0.408 e. The van der Waals surface area contributed by atoms with Crippen molar-refractivity contribution >= 4 is 52.1 Å². The number of aromatic amines is 1.